The Hall–Kier alpha value is -1.08. The molecule has 0 aliphatic carbocycles. The number of nitrogens with one attached hydrogen (secondary N) is 1. The van der Waals surface area contributed by atoms with Gasteiger partial charge >= 0.3 is 6.18 Å². The molecule has 0 heterocycles. The lowest BCUT2D eigenvalue weighted by Crippen LogP contribution is -2.40. The first-order valence-corrected chi connectivity index (χ1v) is 7.52. The lowest BCUT2D eigenvalue weighted by Gasteiger charge is -2.23. The first-order valence-electron chi connectivity index (χ1n) is 6.03. The summed E-state index contributed by atoms with van der Waals surface area (Å²) in [7, 11) is -3.62. The topological polar surface area (TPSA) is 46.2 Å². The van der Waals surface area contributed by atoms with E-state index in [0.717, 1.165) is 12.1 Å². The predicted octanol–water partition coefficient (Wildman–Crippen LogP) is 3.48. The van der Waals surface area contributed by atoms with Crippen molar-refractivity contribution in [1.82, 2.24) is 4.72 Å². The molecule has 0 aliphatic heterocycles. The van der Waals surface area contributed by atoms with E-state index in [1.54, 1.807) is 0 Å². The van der Waals surface area contributed by atoms with Crippen LogP contribution < -0.4 is 4.72 Å². The molecule has 0 bridgehead atoms. The lowest BCUT2D eigenvalue weighted by atomic mass is 10.1. The Balaban J connectivity index is 3.03. The molecule has 0 saturated carbocycles. The quantitative estimate of drug-likeness (QED) is 0.929. The highest BCUT2D eigenvalue weighted by Gasteiger charge is 2.33. The van der Waals surface area contributed by atoms with Gasteiger partial charge < -0.3 is 0 Å². The zero-order valence-corrected chi connectivity index (χ0v) is 12.6. The second-order valence-electron chi connectivity index (χ2n) is 5.58. The van der Waals surface area contributed by atoms with Crippen molar-refractivity contribution in [3.63, 3.8) is 0 Å². The molecule has 0 saturated heterocycles. The van der Waals surface area contributed by atoms with E-state index in [1.165, 1.54) is 39.8 Å². The van der Waals surface area contributed by atoms with Crippen LogP contribution in [0.2, 0.25) is 0 Å². The molecule has 20 heavy (non-hydrogen) atoms. The van der Waals surface area contributed by atoms with Crippen molar-refractivity contribution in [2.24, 2.45) is 0 Å². The maximum absolute atomic E-state index is 12.6. The Morgan fingerprint density at radius 2 is 1.70 bits per heavy atom. The molecule has 0 amide bonds. The third-order valence-electron chi connectivity index (χ3n) is 2.85. The molecule has 0 aliphatic rings. The zero-order valence-electron chi connectivity index (χ0n) is 11.7. The Morgan fingerprint density at radius 3 is 2.15 bits per heavy atom. The van der Waals surface area contributed by atoms with E-state index < -0.39 is 32.6 Å². The van der Waals surface area contributed by atoms with Crippen molar-refractivity contribution in [1.29, 1.82) is 0 Å². The molecular formula is C13H18F3NO2S. The fourth-order valence-electron chi connectivity index (χ4n) is 1.46. The van der Waals surface area contributed by atoms with E-state index in [2.05, 4.69) is 4.72 Å². The minimum absolute atomic E-state index is 0.271. The number of halogens is 3. The smallest absolute Gasteiger partial charge is 0.212 e. The van der Waals surface area contributed by atoms with Gasteiger partial charge in [0.1, 0.15) is 0 Å². The number of alkyl halides is 3. The summed E-state index contributed by atoms with van der Waals surface area (Å²) in [5, 5.41) is 0. The monoisotopic (exact) mass is 309 g/mol. The molecule has 1 rings (SSSR count). The maximum Gasteiger partial charge on any atom is 0.416 e. The van der Waals surface area contributed by atoms with Gasteiger partial charge in [0.25, 0.3) is 0 Å². The highest BCUT2D eigenvalue weighted by atomic mass is 32.2. The molecular weight excluding hydrogens is 291 g/mol. The van der Waals surface area contributed by atoms with Gasteiger partial charge in [-0.3, -0.25) is 0 Å². The van der Waals surface area contributed by atoms with Crippen LogP contribution in [0.3, 0.4) is 0 Å². The minimum Gasteiger partial charge on any atom is -0.212 e. The fraction of sp³-hybridized carbons (Fsp3) is 0.538. The van der Waals surface area contributed by atoms with Crippen LogP contribution in [0, 0.1) is 0 Å². The van der Waals surface area contributed by atoms with Gasteiger partial charge in [-0.1, -0.05) is 12.1 Å². The number of rotatable bonds is 3. The third-order valence-corrected chi connectivity index (χ3v) is 5.13. The second kappa shape index (κ2) is 5.37. The van der Waals surface area contributed by atoms with Crippen LogP contribution in [-0.4, -0.2) is 13.2 Å². The van der Waals surface area contributed by atoms with Gasteiger partial charge in [-0.2, -0.15) is 13.2 Å². The molecule has 1 atom stereocenters. The van der Waals surface area contributed by atoms with Crippen molar-refractivity contribution in [3.05, 3.63) is 35.4 Å². The summed E-state index contributed by atoms with van der Waals surface area (Å²) in [5.41, 5.74) is -0.524. The Bertz CT molecular complexity index is 574. The molecule has 0 spiro atoms. The summed E-state index contributed by atoms with van der Waals surface area (Å²) >= 11 is 0. The highest BCUT2D eigenvalue weighted by Crippen LogP contribution is 2.31. The van der Waals surface area contributed by atoms with Gasteiger partial charge in [0.05, 0.1) is 10.3 Å². The van der Waals surface area contributed by atoms with Crippen LogP contribution in [0.4, 0.5) is 13.2 Å². The normalized spacial score (nSPS) is 15.2. The standard InChI is InChI=1S/C13H18F3NO2S/c1-9(17-20(18,19)12(2,3)4)10-6-5-7-11(8-10)13(14,15)16/h5-9,17H,1-4H3/t9-/m0/s1. The van der Waals surface area contributed by atoms with E-state index in [9.17, 15) is 21.6 Å². The molecule has 3 nitrogen and oxygen atoms in total. The van der Waals surface area contributed by atoms with E-state index in [1.807, 2.05) is 0 Å². The lowest BCUT2D eigenvalue weighted by molar-refractivity contribution is -0.137. The van der Waals surface area contributed by atoms with E-state index >= 15 is 0 Å². The van der Waals surface area contributed by atoms with Crippen molar-refractivity contribution in [2.75, 3.05) is 0 Å². The van der Waals surface area contributed by atoms with E-state index in [4.69, 9.17) is 0 Å². The van der Waals surface area contributed by atoms with E-state index in [0.29, 0.717) is 0 Å². The summed E-state index contributed by atoms with van der Waals surface area (Å²) in [6.45, 7) is 6.08. The minimum atomic E-state index is -4.45. The van der Waals surface area contributed by atoms with Crippen LogP contribution >= 0.6 is 0 Å². The van der Waals surface area contributed by atoms with Crippen LogP contribution in [0.5, 0.6) is 0 Å². The van der Waals surface area contributed by atoms with Crippen molar-refractivity contribution in [2.45, 2.75) is 44.7 Å². The van der Waals surface area contributed by atoms with E-state index in [-0.39, 0.29) is 5.56 Å². The van der Waals surface area contributed by atoms with Crippen molar-refractivity contribution < 1.29 is 21.6 Å². The number of hydrogen-bond acceptors (Lipinski definition) is 2. The molecule has 0 fully saturated rings. The van der Waals surface area contributed by atoms with Gasteiger partial charge in [0.2, 0.25) is 10.0 Å². The highest BCUT2D eigenvalue weighted by molar-refractivity contribution is 7.90. The molecule has 114 valence electrons. The average Bonchev–Trinajstić information content (AvgIpc) is 2.26. The van der Waals surface area contributed by atoms with Crippen LogP contribution in [0.25, 0.3) is 0 Å². The molecule has 1 aromatic carbocycles. The van der Waals surface area contributed by atoms with Gasteiger partial charge in [-0.25, -0.2) is 13.1 Å². The SMILES string of the molecule is C[C@H](NS(=O)(=O)C(C)(C)C)c1cccc(C(F)(F)F)c1. The molecule has 0 aromatic heterocycles. The van der Waals surface area contributed by atoms with Gasteiger partial charge in [0, 0.05) is 6.04 Å². The van der Waals surface area contributed by atoms with Crippen LogP contribution in [0.1, 0.15) is 44.9 Å². The van der Waals surface area contributed by atoms with Gasteiger partial charge in [-0.05, 0) is 45.4 Å². The summed E-state index contributed by atoms with van der Waals surface area (Å²) in [4.78, 5) is 0. The molecule has 1 aromatic rings. The number of benzene rings is 1. The summed E-state index contributed by atoms with van der Waals surface area (Å²) in [6.07, 6.45) is -4.45. The zero-order chi connectivity index (χ0) is 15.8. The first kappa shape index (κ1) is 17.0. The van der Waals surface area contributed by atoms with Crippen molar-refractivity contribution >= 4 is 10.0 Å². The average molecular weight is 309 g/mol. The first-order chi connectivity index (χ1) is 8.84. The Labute approximate surface area is 117 Å². The Morgan fingerprint density at radius 1 is 1.15 bits per heavy atom. The summed E-state index contributed by atoms with van der Waals surface area (Å²) < 4.78 is 63.2. The van der Waals surface area contributed by atoms with Crippen LogP contribution in [-0.2, 0) is 16.2 Å². The Kier molecular flexibility index (Phi) is 4.55. The largest absolute Gasteiger partial charge is 0.416 e. The summed E-state index contributed by atoms with van der Waals surface area (Å²) in [6, 6.07) is 3.90. The molecule has 0 unspecified atom stereocenters. The maximum atomic E-state index is 12.6. The van der Waals surface area contributed by atoms with Crippen LogP contribution in [0.15, 0.2) is 24.3 Å². The molecule has 1 N–H and O–H groups in total. The number of sulfonamides is 1. The van der Waals surface area contributed by atoms with Crippen molar-refractivity contribution in [3.8, 4) is 0 Å². The second-order valence-corrected chi connectivity index (χ2v) is 8.05. The predicted molar refractivity (Wildman–Crippen MR) is 71.7 cm³/mol. The number of hydrogen-bond donors (Lipinski definition) is 1. The fourth-order valence-corrected chi connectivity index (χ4v) is 2.42. The summed E-state index contributed by atoms with van der Waals surface area (Å²) in [5.74, 6) is 0. The van der Waals surface area contributed by atoms with Gasteiger partial charge in [0.15, 0.2) is 0 Å². The third kappa shape index (κ3) is 3.96. The van der Waals surface area contributed by atoms with Gasteiger partial charge in [-0.15, -0.1) is 0 Å². The molecule has 7 heteroatoms. The molecule has 0 radical (unpaired) electrons.